The van der Waals surface area contributed by atoms with Gasteiger partial charge in [0.2, 0.25) is 0 Å². The van der Waals surface area contributed by atoms with E-state index in [1.165, 1.54) is 14.2 Å². The highest BCUT2D eigenvalue weighted by Crippen LogP contribution is 2.29. The van der Waals surface area contributed by atoms with Gasteiger partial charge in [-0.25, -0.2) is 4.79 Å². The largest absolute Gasteiger partial charge is 0.490 e. The molecule has 0 unspecified atom stereocenters. The molecule has 10 heteroatoms. The third-order valence-corrected chi connectivity index (χ3v) is 3.95. The van der Waals surface area contributed by atoms with Gasteiger partial charge >= 0.3 is 11.9 Å². The molecule has 1 aliphatic heterocycles. The molecule has 150 valence electrons. The van der Waals surface area contributed by atoms with Crippen LogP contribution in [0.15, 0.2) is 23.9 Å². The van der Waals surface area contributed by atoms with Crippen LogP contribution >= 0.6 is 12.2 Å². The molecule has 1 saturated heterocycles. The molecule has 9 nitrogen and oxygen atoms in total. The monoisotopic (exact) mass is 408 g/mol. The van der Waals surface area contributed by atoms with E-state index in [1.54, 1.807) is 31.2 Å². The summed E-state index contributed by atoms with van der Waals surface area (Å²) in [4.78, 5) is 36.2. The number of nitrogens with one attached hydrogen (secondary N) is 1. The predicted molar refractivity (Wildman–Crippen MR) is 103 cm³/mol. The van der Waals surface area contributed by atoms with E-state index in [4.69, 9.17) is 21.7 Å². The normalized spacial score (nSPS) is 14.7. The van der Waals surface area contributed by atoms with E-state index in [9.17, 15) is 14.4 Å². The van der Waals surface area contributed by atoms with E-state index in [-0.39, 0.29) is 24.0 Å². The van der Waals surface area contributed by atoms with Gasteiger partial charge in [0.1, 0.15) is 12.2 Å². The van der Waals surface area contributed by atoms with Gasteiger partial charge in [0.25, 0.3) is 5.91 Å². The lowest BCUT2D eigenvalue weighted by molar-refractivity contribution is -0.143. The smallest absolute Gasteiger partial charge is 0.343 e. The van der Waals surface area contributed by atoms with Gasteiger partial charge in [-0.1, -0.05) is 6.07 Å². The number of carbonyl (C=O) groups is 3. The number of amides is 1. The summed E-state index contributed by atoms with van der Waals surface area (Å²) in [6.45, 7) is 1.65. The van der Waals surface area contributed by atoms with Crippen molar-refractivity contribution < 1.29 is 33.3 Å². The maximum absolute atomic E-state index is 12.5. The molecule has 0 aliphatic carbocycles. The molecule has 0 bridgehead atoms. The molecule has 0 aromatic heterocycles. The average Bonchev–Trinajstić information content (AvgIpc) is 2.94. The van der Waals surface area contributed by atoms with Crippen LogP contribution in [0.3, 0.4) is 0 Å². The number of hydrogen-bond acceptors (Lipinski definition) is 8. The molecule has 28 heavy (non-hydrogen) atoms. The molecular formula is C18H20N2O7S. The fraction of sp³-hybridized carbons (Fsp3) is 0.333. The summed E-state index contributed by atoms with van der Waals surface area (Å²) in [5, 5.41) is 2.89. The van der Waals surface area contributed by atoms with Gasteiger partial charge in [-0.2, -0.15) is 0 Å². The molecule has 2 rings (SSSR count). The highest BCUT2D eigenvalue weighted by atomic mass is 32.1. The molecule has 1 aliphatic rings. The zero-order valence-electron chi connectivity index (χ0n) is 15.6. The molecule has 1 aromatic carbocycles. The van der Waals surface area contributed by atoms with Crippen molar-refractivity contribution in [3.05, 3.63) is 29.5 Å². The Bertz CT molecular complexity index is 822. The van der Waals surface area contributed by atoms with Gasteiger partial charge in [-0.3, -0.25) is 14.5 Å². The van der Waals surface area contributed by atoms with Crippen LogP contribution in [0, 0.1) is 0 Å². The summed E-state index contributed by atoms with van der Waals surface area (Å²) in [5.74, 6) is -0.777. The van der Waals surface area contributed by atoms with E-state index < -0.39 is 17.8 Å². The standard InChI is InChI=1S/C18H20N2O7S/c1-4-26-14-8-11(5-6-13(14)27-10-16(22)25-3)7-12-17(23)20(18(28)19-12)9-15(21)24-2/h5-8H,4,9-10H2,1-3H3,(H,19,28)/b12-7-. The van der Waals surface area contributed by atoms with Gasteiger partial charge < -0.3 is 24.3 Å². The zero-order valence-corrected chi connectivity index (χ0v) is 16.5. The minimum atomic E-state index is -0.579. The summed E-state index contributed by atoms with van der Waals surface area (Å²) < 4.78 is 20.0. The van der Waals surface area contributed by atoms with Crippen LogP contribution in [0.2, 0.25) is 0 Å². The predicted octanol–water partition coefficient (Wildman–Crippen LogP) is 0.868. The van der Waals surface area contributed by atoms with E-state index in [2.05, 4.69) is 14.8 Å². The van der Waals surface area contributed by atoms with Crippen molar-refractivity contribution in [2.75, 3.05) is 34.0 Å². The molecule has 1 aromatic rings. The minimum absolute atomic E-state index is 0.115. The van der Waals surface area contributed by atoms with E-state index >= 15 is 0 Å². The number of thiocarbonyl (C=S) groups is 1. The first-order chi connectivity index (χ1) is 13.4. The Balaban J connectivity index is 2.21. The average molecular weight is 408 g/mol. The first kappa shape index (κ1) is 21.2. The SMILES string of the molecule is CCOc1cc(/C=C2\NC(=S)N(CC(=O)OC)C2=O)ccc1OCC(=O)OC. The highest BCUT2D eigenvalue weighted by Gasteiger charge is 2.32. The molecule has 0 radical (unpaired) electrons. The van der Waals surface area contributed by atoms with Crippen LogP contribution in [0.25, 0.3) is 6.08 Å². The summed E-state index contributed by atoms with van der Waals surface area (Å²) in [6.07, 6.45) is 1.57. The fourth-order valence-electron chi connectivity index (χ4n) is 2.27. The topological polar surface area (TPSA) is 103 Å². The molecule has 1 amide bonds. The lowest BCUT2D eigenvalue weighted by atomic mass is 10.1. The van der Waals surface area contributed by atoms with Gasteiger partial charge in [-0.05, 0) is 42.9 Å². The van der Waals surface area contributed by atoms with Crippen molar-refractivity contribution in [3.63, 3.8) is 0 Å². The van der Waals surface area contributed by atoms with Crippen molar-refractivity contribution in [2.24, 2.45) is 0 Å². The first-order valence-electron chi connectivity index (χ1n) is 8.27. The quantitative estimate of drug-likeness (QED) is 0.381. The first-order valence-corrected chi connectivity index (χ1v) is 8.68. The summed E-state index contributed by atoms with van der Waals surface area (Å²) in [6, 6.07) is 4.96. The fourth-order valence-corrected chi connectivity index (χ4v) is 2.53. The van der Waals surface area contributed by atoms with Crippen LogP contribution in [-0.2, 0) is 23.9 Å². The van der Waals surface area contributed by atoms with Crippen LogP contribution in [0.1, 0.15) is 12.5 Å². The Morgan fingerprint density at radius 3 is 2.50 bits per heavy atom. The van der Waals surface area contributed by atoms with Crippen LogP contribution in [0.4, 0.5) is 0 Å². The molecular weight excluding hydrogens is 388 g/mol. The van der Waals surface area contributed by atoms with E-state index in [0.717, 1.165) is 4.90 Å². The zero-order chi connectivity index (χ0) is 20.7. The molecule has 0 saturated carbocycles. The number of ether oxygens (including phenoxy) is 4. The Morgan fingerprint density at radius 2 is 1.86 bits per heavy atom. The van der Waals surface area contributed by atoms with Crippen molar-refractivity contribution in [3.8, 4) is 11.5 Å². The Kier molecular flexibility index (Phi) is 7.33. The van der Waals surface area contributed by atoms with Crippen LogP contribution in [0.5, 0.6) is 11.5 Å². The van der Waals surface area contributed by atoms with Crippen molar-refractivity contribution in [2.45, 2.75) is 6.92 Å². The Hall–Kier alpha value is -3.14. The second kappa shape index (κ2) is 9.70. The van der Waals surface area contributed by atoms with E-state index in [1.807, 2.05) is 0 Å². The number of benzene rings is 1. The summed E-state index contributed by atoms with van der Waals surface area (Å²) in [7, 11) is 2.50. The molecule has 1 N–H and O–H groups in total. The Labute approximate surface area is 167 Å². The number of esters is 2. The summed E-state index contributed by atoms with van der Waals surface area (Å²) >= 11 is 5.09. The molecule has 0 spiro atoms. The molecule has 1 fully saturated rings. The second-order valence-electron chi connectivity index (χ2n) is 5.46. The van der Waals surface area contributed by atoms with Crippen molar-refractivity contribution in [1.29, 1.82) is 0 Å². The lowest BCUT2D eigenvalue weighted by Gasteiger charge is -2.12. The molecule has 1 heterocycles. The number of methoxy groups -OCH3 is 2. The Morgan fingerprint density at radius 1 is 1.14 bits per heavy atom. The van der Waals surface area contributed by atoms with Gasteiger partial charge in [-0.15, -0.1) is 0 Å². The second-order valence-corrected chi connectivity index (χ2v) is 5.85. The van der Waals surface area contributed by atoms with Crippen LogP contribution < -0.4 is 14.8 Å². The van der Waals surface area contributed by atoms with E-state index in [0.29, 0.717) is 23.7 Å². The number of rotatable bonds is 8. The summed E-state index contributed by atoms with van der Waals surface area (Å²) in [5.41, 5.74) is 0.840. The van der Waals surface area contributed by atoms with Gasteiger partial charge in [0.15, 0.2) is 23.2 Å². The highest BCUT2D eigenvalue weighted by molar-refractivity contribution is 7.80. The number of nitrogens with zero attached hydrogens (tertiary/aromatic N) is 1. The maximum atomic E-state index is 12.5. The third-order valence-electron chi connectivity index (χ3n) is 3.63. The minimum Gasteiger partial charge on any atom is -0.490 e. The number of hydrogen-bond donors (Lipinski definition) is 1. The molecule has 0 atom stereocenters. The van der Waals surface area contributed by atoms with Gasteiger partial charge in [0, 0.05) is 0 Å². The van der Waals surface area contributed by atoms with Crippen LogP contribution in [-0.4, -0.2) is 61.8 Å². The maximum Gasteiger partial charge on any atom is 0.343 e. The van der Waals surface area contributed by atoms with Crippen molar-refractivity contribution in [1.82, 2.24) is 10.2 Å². The van der Waals surface area contributed by atoms with Gasteiger partial charge in [0.05, 0.1) is 20.8 Å². The number of carbonyl (C=O) groups excluding carboxylic acids is 3. The third kappa shape index (κ3) is 5.19. The van der Waals surface area contributed by atoms with Crippen molar-refractivity contribution >= 4 is 41.3 Å². The lowest BCUT2D eigenvalue weighted by Crippen LogP contribution is -2.35.